The molecule has 0 radical (unpaired) electrons. The number of rotatable bonds is 4. The highest BCUT2D eigenvalue weighted by Crippen LogP contribution is 2.27. The molecule has 0 aliphatic carbocycles. The van der Waals surface area contributed by atoms with Crippen LogP contribution in [0.4, 0.5) is 0 Å². The van der Waals surface area contributed by atoms with Gasteiger partial charge in [0, 0.05) is 0 Å². The second kappa shape index (κ2) is 5.80. The molecular formula is C11H18Br2O2. The third-order valence-electron chi connectivity index (χ3n) is 2.42. The van der Waals surface area contributed by atoms with Crippen LogP contribution in [0.1, 0.15) is 33.6 Å². The molecule has 0 aromatic rings. The highest BCUT2D eigenvalue weighted by Gasteiger charge is 2.32. The van der Waals surface area contributed by atoms with Gasteiger partial charge in [-0.3, -0.25) is 0 Å². The van der Waals surface area contributed by atoms with Gasteiger partial charge < -0.3 is 9.47 Å². The molecule has 0 N–H and O–H groups in total. The Kier molecular flexibility index (Phi) is 5.29. The van der Waals surface area contributed by atoms with Crippen molar-refractivity contribution in [3.63, 3.8) is 0 Å². The number of allylic oxidation sites excluding steroid dienone is 1. The summed E-state index contributed by atoms with van der Waals surface area (Å²) in [6.07, 6.45) is 4.57. The number of ether oxygens (including phenoxy) is 2. The number of hydrogen-bond donors (Lipinski definition) is 0. The molecular weight excluding hydrogens is 324 g/mol. The van der Waals surface area contributed by atoms with Crippen LogP contribution >= 0.6 is 31.9 Å². The van der Waals surface area contributed by atoms with Gasteiger partial charge in [-0.25, -0.2) is 0 Å². The molecule has 1 unspecified atom stereocenters. The minimum absolute atomic E-state index is 0.255. The van der Waals surface area contributed by atoms with E-state index in [1.54, 1.807) is 0 Å². The van der Waals surface area contributed by atoms with Crippen molar-refractivity contribution < 1.29 is 9.47 Å². The average Bonchev–Trinajstić information content (AvgIpc) is 2.41. The zero-order valence-corrected chi connectivity index (χ0v) is 12.6. The molecule has 4 heteroatoms. The molecule has 0 aromatic carbocycles. The Morgan fingerprint density at radius 1 is 1.53 bits per heavy atom. The van der Waals surface area contributed by atoms with Crippen molar-refractivity contribution in [1.82, 2.24) is 0 Å². The van der Waals surface area contributed by atoms with Crippen molar-refractivity contribution in [3.8, 4) is 0 Å². The maximum atomic E-state index is 5.74. The minimum Gasteiger partial charge on any atom is -0.348 e. The Labute approximate surface area is 109 Å². The summed E-state index contributed by atoms with van der Waals surface area (Å²) in [6.45, 7) is 6.85. The van der Waals surface area contributed by atoms with Crippen molar-refractivity contribution in [2.75, 3.05) is 6.61 Å². The maximum Gasteiger partial charge on any atom is 0.163 e. The van der Waals surface area contributed by atoms with Crippen LogP contribution in [0, 0.1) is 5.92 Å². The molecule has 1 aliphatic rings. The summed E-state index contributed by atoms with van der Waals surface area (Å²) in [6, 6.07) is 0. The third-order valence-corrected chi connectivity index (χ3v) is 2.95. The van der Waals surface area contributed by atoms with Crippen molar-refractivity contribution in [1.29, 1.82) is 0 Å². The second-order valence-corrected chi connectivity index (χ2v) is 7.23. The van der Waals surface area contributed by atoms with Crippen LogP contribution in [-0.2, 0) is 9.47 Å². The van der Waals surface area contributed by atoms with Crippen LogP contribution in [0.2, 0.25) is 0 Å². The molecule has 1 heterocycles. The Hall–Kier alpha value is 0.620. The lowest BCUT2D eigenvalue weighted by Crippen LogP contribution is -2.21. The van der Waals surface area contributed by atoms with Gasteiger partial charge in [0.1, 0.15) is 0 Å². The normalized spacial score (nSPS) is 26.3. The van der Waals surface area contributed by atoms with Crippen LogP contribution in [0.3, 0.4) is 0 Å². The predicted octanol–water partition coefficient (Wildman–Crippen LogP) is 4.19. The fourth-order valence-electron chi connectivity index (χ4n) is 1.65. The van der Waals surface area contributed by atoms with E-state index in [2.05, 4.69) is 44.9 Å². The quantitative estimate of drug-likeness (QED) is 0.763. The van der Waals surface area contributed by atoms with Gasteiger partial charge in [0.2, 0.25) is 0 Å². The summed E-state index contributed by atoms with van der Waals surface area (Å²) in [5.74, 6) is 0.158. The summed E-state index contributed by atoms with van der Waals surface area (Å²) >= 11 is 6.74. The predicted molar refractivity (Wildman–Crippen MR) is 69.2 cm³/mol. The molecule has 1 fully saturated rings. The molecule has 88 valence electrons. The summed E-state index contributed by atoms with van der Waals surface area (Å²) in [4.78, 5) is 0. The standard InChI is InChI=1S/C11H18Br2O2/c1-8(6-10(12)13)4-5-9-7-14-11(2,3)15-9/h6,8-9H,4-5,7H2,1-3H3/t8?,9-/m0/s1. The third kappa shape index (κ3) is 5.48. The molecule has 15 heavy (non-hydrogen) atoms. The average molecular weight is 342 g/mol. The van der Waals surface area contributed by atoms with Crippen molar-refractivity contribution in [3.05, 3.63) is 9.47 Å². The van der Waals surface area contributed by atoms with Crippen LogP contribution in [0.5, 0.6) is 0 Å². The van der Waals surface area contributed by atoms with E-state index in [0.29, 0.717) is 5.92 Å². The molecule has 0 bridgehead atoms. The molecule has 0 spiro atoms. The zero-order chi connectivity index (χ0) is 11.5. The molecule has 2 nitrogen and oxygen atoms in total. The molecule has 1 rings (SSSR count). The van der Waals surface area contributed by atoms with Crippen LogP contribution in [0.15, 0.2) is 9.47 Å². The first kappa shape index (κ1) is 13.7. The number of halogens is 2. The first-order valence-electron chi connectivity index (χ1n) is 5.23. The van der Waals surface area contributed by atoms with E-state index < -0.39 is 0 Å². The summed E-state index contributed by atoms with van der Waals surface area (Å²) in [5.41, 5.74) is 0. The van der Waals surface area contributed by atoms with Gasteiger partial charge >= 0.3 is 0 Å². The van der Waals surface area contributed by atoms with Crippen LogP contribution in [-0.4, -0.2) is 18.5 Å². The molecule has 0 aromatic heterocycles. The lowest BCUT2D eigenvalue weighted by Gasteiger charge is -2.17. The van der Waals surface area contributed by atoms with Gasteiger partial charge in [-0.15, -0.1) is 0 Å². The lowest BCUT2D eigenvalue weighted by atomic mass is 10.0. The van der Waals surface area contributed by atoms with E-state index in [0.717, 1.165) is 22.8 Å². The van der Waals surface area contributed by atoms with E-state index in [-0.39, 0.29) is 11.9 Å². The summed E-state index contributed by atoms with van der Waals surface area (Å²) < 4.78 is 12.3. The highest BCUT2D eigenvalue weighted by atomic mass is 79.9. The van der Waals surface area contributed by atoms with Gasteiger partial charge in [-0.1, -0.05) is 13.0 Å². The molecule has 2 atom stereocenters. The Balaban J connectivity index is 2.24. The molecule has 1 aliphatic heterocycles. The Morgan fingerprint density at radius 3 is 2.67 bits per heavy atom. The Morgan fingerprint density at radius 2 is 2.20 bits per heavy atom. The lowest BCUT2D eigenvalue weighted by molar-refractivity contribution is -0.139. The van der Waals surface area contributed by atoms with Crippen molar-refractivity contribution >= 4 is 31.9 Å². The molecule has 0 amide bonds. The van der Waals surface area contributed by atoms with Gasteiger partial charge in [0.15, 0.2) is 5.79 Å². The first-order valence-corrected chi connectivity index (χ1v) is 6.82. The van der Waals surface area contributed by atoms with E-state index >= 15 is 0 Å². The fraction of sp³-hybridized carbons (Fsp3) is 0.818. The van der Waals surface area contributed by atoms with Gasteiger partial charge in [0.05, 0.1) is 16.1 Å². The van der Waals surface area contributed by atoms with Crippen LogP contribution in [0.25, 0.3) is 0 Å². The van der Waals surface area contributed by atoms with Gasteiger partial charge in [-0.2, -0.15) is 0 Å². The minimum atomic E-state index is -0.389. The van der Waals surface area contributed by atoms with Crippen LogP contribution < -0.4 is 0 Å². The van der Waals surface area contributed by atoms with E-state index in [1.165, 1.54) is 0 Å². The SMILES string of the molecule is CC(C=C(Br)Br)CC[C@H]1COC(C)(C)O1. The molecule has 1 saturated heterocycles. The first-order chi connectivity index (χ1) is 6.89. The van der Waals surface area contributed by atoms with Gasteiger partial charge in [-0.05, 0) is 64.5 Å². The second-order valence-electron chi connectivity index (χ2n) is 4.46. The largest absolute Gasteiger partial charge is 0.348 e. The van der Waals surface area contributed by atoms with Crippen molar-refractivity contribution in [2.45, 2.75) is 45.5 Å². The van der Waals surface area contributed by atoms with E-state index in [9.17, 15) is 0 Å². The van der Waals surface area contributed by atoms with Crippen molar-refractivity contribution in [2.24, 2.45) is 5.92 Å². The van der Waals surface area contributed by atoms with E-state index in [1.807, 2.05) is 13.8 Å². The highest BCUT2D eigenvalue weighted by molar-refractivity contribution is 9.28. The summed E-state index contributed by atoms with van der Waals surface area (Å²) in [7, 11) is 0. The number of hydrogen-bond acceptors (Lipinski definition) is 2. The monoisotopic (exact) mass is 340 g/mol. The fourth-order valence-corrected chi connectivity index (χ4v) is 2.55. The molecule has 0 saturated carbocycles. The van der Waals surface area contributed by atoms with Gasteiger partial charge in [0.25, 0.3) is 0 Å². The Bertz CT molecular complexity index is 235. The maximum absolute atomic E-state index is 5.74. The van der Waals surface area contributed by atoms with E-state index in [4.69, 9.17) is 9.47 Å². The summed E-state index contributed by atoms with van der Waals surface area (Å²) in [5, 5.41) is 0. The smallest absolute Gasteiger partial charge is 0.163 e. The zero-order valence-electron chi connectivity index (χ0n) is 9.43. The topological polar surface area (TPSA) is 18.5 Å².